The summed E-state index contributed by atoms with van der Waals surface area (Å²) in [5.41, 5.74) is 2.17. The van der Waals surface area contributed by atoms with E-state index >= 15 is 0 Å². The summed E-state index contributed by atoms with van der Waals surface area (Å²) in [6.45, 7) is 3.52. The van der Waals surface area contributed by atoms with E-state index < -0.39 is 26.7 Å². The Bertz CT molecular complexity index is 1560. The third-order valence-corrected chi connectivity index (χ3v) is 8.52. The number of sulfonamides is 1. The number of nitro groups is 1. The fourth-order valence-corrected chi connectivity index (χ4v) is 6.06. The molecule has 0 saturated carbocycles. The maximum absolute atomic E-state index is 13.1. The van der Waals surface area contributed by atoms with E-state index in [1.165, 1.54) is 23.9 Å². The zero-order valence-corrected chi connectivity index (χ0v) is 22.8. The average molecular weight is 579 g/mol. The molecule has 0 amide bonds. The molecule has 0 aliphatic heterocycles. The second kappa shape index (κ2) is 11.2. The molecule has 1 atom stereocenters. The quantitative estimate of drug-likeness (QED) is 0.144. The van der Waals surface area contributed by atoms with Crippen LogP contribution in [0.25, 0.3) is 5.69 Å². The van der Waals surface area contributed by atoms with Gasteiger partial charge in [-0.05, 0) is 49.2 Å². The Morgan fingerprint density at radius 3 is 2.51 bits per heavy atom. The summed E-state index contributed by atoms with van der Waals surface area (Å²) in [5.74, 6) is 0.945. The Balaban J connectivity index is 1.71. The van der Waals surface area contributed by atoms with Crippen molar-refractivity contribution >= 4 is 50.7 Å². The summed E-state index contributed by atoms with van der Waals surface area (Å²) in [5, 5.41) is 20.8. The summed E-state index contributed by atoms with van der Waals surface area (Å²) in [6.07, 6.45) is 0. The SMILES string of the molecule is Cc1ccc(Cl)cc1-n1c(SCc2ccccc2)nnc1C(C)NS(=O)(=O)c1ccc(Cl)c([N+](=O)[O-])c1. The predicted octanol–water partition coefficient (Wildman–Crippen LogP) is 6.12. The Morgan fingerprint density at radius 2 is 1.81 bits per heavy atom. The summed E-state index contributed by atoms with van der Waals surface area (Å²) in [6, 6.07) is 17.7. The highest BCUT2D eigenvalue weighted by Gasteiger charge is 2.27. The Labute approximate surface area is 228 Å². The van der Waals surface area contributed by atoms with Gasteiger partial charge in [0, 0.05) is 16.8 Å². The first-order valence-electron chi connectivity index (χ1n) is 10.9. The molecule has 1 unspecified atom stereocenters. The van der Waals surface area contributed by atoms with Gasteiger partial charge in [0.05, 0.1) is 21.5 Å². The zero-order valence-electron chi connectivity index (χ0n) is 19.6. The van der Waals surface area contributed by atoms with Gasteiger partial charge < -0.3 is 0 Å². The van der Waals surface area contributed by atoms with Crippen molar-refractivity contribution in [2.45, 2.75) is 35.7 Å². The van der Waals surface area contributed by atoms with E-state index in [1.54, 1.807) is 23.6 Å². The van der Waals surface area contributed by atoms with Gasteiger partial charge in [-0.15, -0.1) is 10.2 Å². The van der Waals surface area contributed by atoms with E-state index in [2.05, 4.69) is 14.9 Å². The normalized spacial score (nSPS) is 12.4. The Hall–Kier alpha value is -2.96. The lowest BCUT2D eigenvalue weighted by molar-refractivity contribution is -0.384. The lowest BCUT2D eigenvalue weighted by atomic mass is 10.2. The highest BCUT2D eigenvalue weighted by molar-refractivity contribution is 7.98. The van der Waals surface area contributed by atoms with Gasteiger partial charge in [-0.2, -0.15) is 0 Å². The number of rotatable bonds is 9. The van der Waals surface area contributed by atoms with Gasteiger partial charge in [-0.1, -0.05) is 71.4 Å². The van der Waals surface area contributed by atoms with Gasteiger partial charge >= 0.3 is 0 Å². The summed E-state index contributed by atoms with van der Waals surface area (Å²) >= 11 is 13.6. The molecule has 0 aliphatic rings. The summed E-state index contributed by atoms with van der Waals surface area (Å²) < 4.78 is 30.6. The Morgan fingerprint density at radius 1 is 1.08 bits per heavy atom. The van der Waals surface area contributed by atoms with Crippen LogP contribution >= 0.6 is 35.0 Å². The van der Waals surface area contributed by atoms with Crippen molar-refractivity contribution in [2.75, 3.05) is 0 Å². The maximum Gasteiger partial charge on any atom is 0.289 e. The minimum atomic E-state index is -4.17. The second-order valence-corrected chi connectivity index (χ2v) is 11.6. The van der Waals surface area contributed by atoms with Gasteiger partial charge in [0.15, 0.2) is 11.0 Å². The monoisotopic (exact) mass is 577 g/mol. The van der Waals surface area contributed by atoms with Crippen LogP contribution < -0.4 is 4.72 Å². The number of hydrogen-bond acceptors (Lipinski definition) is 7. The minimum Gasteiger partial charge on any atom is -0.272 e. The van der Waals surface area contributed by atoms with Crippen molar-refractivity contribution in [3.8, 4) is 5.69 Å². The van der Waals surface area contributed by atoms with Crippen LogP contribution in [0.2, 0.25) is 10.0 Å². The summed E-state index contributed by atoms with van der Waals surface area (Å²) in [4.78, 5) is 10.2. The van der Waals surface area contributed by atoms with E-state index in [0.29, 0.717) is 27.4 Å². The third-order valence-electron chi connectivity index (χ3n) is 5.43. The zero-order chi connectivity index (χ0) is 26.7. The number of aromatic nitrogens is 3. The third kappa shape index (κ3) is 6.13. The van der Waals surface area contributed by atoms with Crippen LogP contribution in [0, 0.1) is 17.0 Å². The molecule has 4 rings (SSSR count). The maximum atomic E-state index is 13.1. The lowest BCUT2D eigenvalue weighted by Gasteiger charge is -2.18. The highest BCUT2D eigenvalue weighted by atomic mass is 35.5. The standard InChI is InChI=1S/C24H21Cl2N5O4S2/c1-15-8-9-18(25)12-21(15)30-23(27-28-24(30)36-14-17-6-4-3-5-7-17)16(2)29-37(34,35)19-10-11-20(26)22(13-19)31(32)33/h3-13,16,29H,14H2,1-2H3. The van der Waals surface area contributed by atoms with Gasteiger partial charge in [-0.25, -0.2) is 13.1 Å². The number of halogens is 2. The van der Waals surface area contributed by atoms with E-state index in [-0.39, 0.29) is 9.92 Å². The van der Waals surface area contributed by atoms with Crippen LogP contribution in [-0.4, -0.2) is 28.1 Å². The number of nitrogens with one attached hydrogen (secondary N) is 1. The fraction of sp³-hybridized carbons (Fsp3) is 0.167. The molecule has 1 N–H and O–H groups in total. The Kier molecular flexibility index (Phi) is 8.20. The molecule has 0 aliphatic carbocycles. The molecule has 1 heterocycles. The molecule has 0 radical (unpaired) electrons. The molecule has 37 heavy (non-hydrogen) atoms. The molecule has 0 saturated heterocycles. The molecule has 4 aromatic rings. The number of aryl methyl sites for hydroxylation is 1. The van der Waals surface area contributed by atoms with Gasteiger partial charge in [0.25, 0.3) is 5.69 Å². The fourth-order valence-electron chi connectivity index (χ4n) is 3.58. The van der Waals surface area contributed by atoms with Crippen molar-refractivity contribution in [1.82, 2.24) is 19.5 Å². The van der Waals surface area contributed by atoms with Gasteiger partial charge in [0.1, 0.15) is 5.02 Å². The molecule has 3 aromatic carbocycles. The lowest BCUT2D eigenvalue weighted by Crippen LogP contribution is -2.29. The molecule has 9 nitrogen and oxygen atoms in total. The molecular formula is C24H21Cl2N5O4S2. The van der Waals surface area contributed by atoms with Crippen LogP contribution in [0.15, 0.2) is 76.8 Å². The molecular weight excluding hydrogens is 557 g/mol. The van der Waals surface area contributed by atoms with Crippen molar-refractivity contribution in [1.29, 1.82) is 0 Å². The molecule has 192 valence electrons. The first kappa shape index (κ1) is 27.1. The number of benzene rings is 3. The van der Waals surface area contributed by atoms with Crippen molar-refractivity contribution < 1.29 is 13.3 Å². The average Bonchev–Trinajstić information content (AvgIpc) is 3.28. The smallest absolute Gasteiger partial charge is 0.272 e. The van der Waals surface area contributed by atoms with Crippen molar-refractivity contribution in [3.05, 3.63) is 104 Å². The van der Waals surface area contributed by atoms with Crippen LogP contribution in [-0.2, 0) is 15.8 Å². The van der Waals surface area contributed by atoms with Crippen molar-refractivity contribution in [2.24, 2.45) is 0 Å². The molecule has 0 fully saturated rings. The van der Waals surface area contributed by atoms with Gasteiger partial charge in [-0.3, -0.25) is 14.7 Å². The highest BCUT2D eigenvalue weighted by Crippen LogP contribution is 2.32. The van der Waals surface area contributed by atoms with Crippen LogP contribution in [0.4, 0.5) is 5.69 Å². The van der Waals surface area contributed by atoms with Crippen molar-refractivity contribution in [3.63, 3.8) is 0 Å². The largest absolute Gasteiger partial charge is 0.289 e. The first-order valence-corrected chi connectivity index (χ1v) is 14.1. The van der Waals surface area contributed by atoms with E-state index in [0.717, 1.165) is 17.2 Å². The van der Waals surface area contributed by atoms with E-state index in [4.69, 9.17) is 23.2 Å². The topological polar surface area (TPSA) is 120 Å². The molecule has 1 aromatic heterocycles. The number of nitrogens with zero attached hydrogens (tertiary/aromatic N) is 4. The second-order valence-electron chi connectivity index (χ2n) is 8.09. The van der Waals surface area contributed by atoms with Crippen LogP contribution in [0.5, 0.6) is 0 Å². The minimum absolute atomic E-state index is 0.159. The van der Waals surface area contributed by atoms with E-state index in [1.807, 2.05) is 43.3 Å². The molecule has 0 bridgehead atoms. The first-order chi connectivity index (χ1) is 17.6. The van der Waals surface area contributed by atoms with Gasteiger partial charge in [0.2, 0.25) is 10.0 Å². The number of nitro benzene ring substituents is 1. The molecule has 0 spiro atoms. The predicted molar refractivity (Wildman–Crippen MR) is 144 cm³/mol. The summed E-state index contributed by atoms with van der Waals surface area (Å²) in [7, 11) is -4.17. The van der Waals surface area contributed by atoms with Crippen LogP contribution in [0.1, 0.15) is 29.9 Å². The number of thioether (sulfide) groups is 1. The molecule has 13 heteroatoms. The van der Waals surface area contributed by atoms with Crippen LogP contribution in [0.3, 0.4) is 0 Å². The van der Waals surface area contributed by atoms with E-state index in [9.17, 15) is 18.5 Å². The number of hydrogen-bond donors (Lipinski definition) is 1.